The quantitative estimate of drug-likeness (QED) is 0.349. The standard InChI is InChI=1S/C26H24S2/c1-3-7-22(25-10-5-14-27-25)16-19(2)12-13-20-8-4-9-21-17-23(18-24(20)21)26-11-6-15-28-26/h4-6,8-17H,2-3,7,18H2,1H3/b13-12-,22-16+. The van der Waals surface area contributed by atoms with Gasteiger partial charge in [0.05, 0.1) is 0 Å². The van der Waals surface area contributed by atoms with Gasteiger partial charge in [-0.1, -0.05) is 68.5 Å². The van der Waals surface area contributed by atoms with Gasteiger partial charge in [0.1, 0.15) is 0 Å². The molecule has 2 heterocycles. The van der Waals surface area contributed by atoms with Crippen LogP contribution in [-0.4, -0.2) is 0 Å². The van der Waals surface area contributed by atoms with E-state index in [1.165, 1.54) is 37.6 Å². The van der Waals surface area contributed by atoms with Gasteiger partial charge >= 0.3 is 0 Å². The molecule has 0 atom stereocenters. The first-order chi connectivity index (χ1) is 13.7. The SMILES string of the molecule is C=C(/C=C\c1cccc2c1CC(c1cccs1)=C2)/C=C(\CCC)c1cccs1. The van der Waals surface area contributed by atoms with Crippen molar-refractivity contribution in [1.82, 2.24) is 0 Å². The average Bonchev–Trinajstić information content (AvgIpc) is 3.46. The molecule has 0 bridgehead atoms. The molecule has 1 aliphatic rings. The third-order valence-corrected chi connectivity index (χ3v) is 6.87. The first kappa shape index (κ1) is 18.9. The summed E-state index contributed by atoms with van der Waals surface area (Å²) in [4.78, 5) is 2.72. The largest absolute Gasteiger partial charge is 0.144 e. The van der Waals surface area contributed by atoms with E-state index in [0.29, 0.717) is 0 Å². The summed E-state index contributed by atoms with van der Waals surface area (Å²) in [5, 5.41) is 4.29. The number of benzene rings is 1. The van der Waals surface area contributed by atoms with E-state index in [0.717, 1.165) is 24.8 Å². The maximum absolute atomic E-state index is 4.28. The van der Waals surface area contributed by atoms with Crippen molar-refractivity contribution in [2.24, 2.45) is 0 Å². The second-order valence-corrected chi connectivity index (χ2v) is 8.94. The van der Waals surface area contributed by atoms with Gasteiger partial charge in [0.25, 0.3) is 0 Å². The summed E-state index contributed by atoms with van der Waals surface area (Å²) < 4.78 is 0. The number of hydrogen-bond donors (Lipinski definition) is 0. The Labute approximate surface area is 175 Å². The van der Waals surface area contributed by atoms with Gasteiger partial charge in [-0.3, -0.25) is 0 Å². The van der Waals surface area contributed by atoms with Crippen molar-refractivity contribution in [2.45, 2.75) is 26.2 Å². The molecule has 0 saturated carbocycles. The zero-order chi connectivity index (χ0) is 19.3. The molecule has 140 valence electrons. The fourth-order valence-corrected chi connectivity index (χ4v) is 5.15. The van der Waals surface area contributed by atoms with Crippen LogP contribution >= 0.6 is 22.7 Å². The highest BCUT2D eigenvalue weighted by Gasteiger charge is 2.16. The van der Waals surface area contributed by atoms with Crippen LogP contribution in [0.15, 0.2) is 77.5 Å². The van der Waals surface area contributed by atoms with Crippen LogP contribution in [0.4, 0.5) is 0 Å². The van der Waals surface area contributed by atoms with Crippen molar-refractivity contribution >= 4 is 46.0 Å². The van der Waals surface area contributed by atoms with E-state index >= 15 is 0 Å². The van der Waals surface area contributed by atoms with E-state index in [4.69, 9.17) is 0 Å². The van der Waals surface area contributed by atoms with Crippen molar-refractivity contribution in [1.29, 1.82) is 0 Å². The van der Waals surface area contributed by atoms with Gasteiger partial charge in [-0.25, -0.2) is 0 Å². The molecular formula is C26H24S2. The minimum Gasteiger partial charge on any atom is -0.144 e. The van der Waals surface area contributed by atoms with Crippen LogP contribution in [-0.2, 0) is 6.42 Å². The van der Waals surface area contributed by atoms with Gasteiger partial charge in [-0.15, -0.1) is 22.7 Å². The van der Waals surface area contributed by atoms with E-state index < -0.39 is 0 Å². The molecule has 0 radical (unpaired) electrons. The molecule has 3 aromatic rings. The summed E-state index contributed by atoms with van der Waals surface area (Å²) >= 11 is 3.62. The molecule has 0 nitrogen and oxygen atoms in total. The lowest BCUT2D eigenvalue weighted by molar-refractivity contribution is 0.976. The number of allylic oxidation sites excluding steroid dienone is 5. The van der Waals surface area contributed by atoms with Gasteiger partial charge in [-0.2, -0.15) is 0 Å². The molecule has 0 spiro atoms. The van der Waals surface area contributed by atoms with Gasteiger partial charge in [0.15, 0.2) is 0 Å². The van der Waals surface area contributed by atoms with E-state index in [9.17, 15) is 0 Å². The number of rotatable bonds is 7. The Hall–Kier alpha value is -2.42. The summed E-state index contributed by atoms with van der Waals surface area (Å²) in [5.74, 6) is 0. The van der Waals surface area contributed by atoms with Crippen LogP contribution < -0.4 is 0 Å². The van der Waals surface area contributed by atoms with Crippen LogP contribution in [0.25, 0.3) is 23.3 Å². The maximum atomic E-state index is 4.28. The van der Waals surface area contributed by atoms with E-state index in [1.807, 2.05) is 11.3 Å². The lowest BCUT2D eigenvalue weighted by Gasteiger charge is -2.06. The maximum Gasteiger partial charge on any atom is 0.0305 e. The highest BCUT2D eigenvalue weighted by molar-refractivity contribution is 7.11. The van der Waals surface area contributed by atoms with Crippen LogP contribution in [0.2, 0.25) is 0 Å². The minimum atomic E-state index is 1.01. The summed E-state index contributed by atoms with van der Waals surface area (Å²) in [7, 11) is 0. The molecule has 0 fully saturated rings. The lowest BCUT2D eigenvalue weighted by atomic mass is 10.00. The van der Waals surface area contributed by atoms with Gasteiger partial charge < -0.3 is 0 Å². The first-order valence-corrected chi connectivity index (χ1v) is 11.5. The minimum absolute atomic E-state index is 1.01. The molecule has 0 N–H and O–H groups in total. The molecule has 2 aromatic heterocycles. The van der Waals surface area contributed by atoms with Crippen molar-refractivity contribution in [2.75, 3.05) is 0 Å². The summed E-state index contributed by atoms with van der Waals surface area (Å²) in [6, 6.07) is 15.2. The predicted molar refractivity (Wildman–Crippen MR) is 128 cm³/mol. The van der Waals surface area contributed by atoms with Crippen molar-refractivity contribution in [3.05, 3.63) is 104 Å². The van der Waals surface area contributed by atoms with Gasteiger partial charge in [0, 0.05) is 16.2 Å². The fourth-order valence-electron chi connectivity index (χ4n) is 3.63. The molecule has 0 unspecified atom stereocenters. The molecule has 2 heteroatoms. The molecule has 0 aliphatic heterocycles. The summed E-state index contributed by atoms with van der Waals surface area (Å²) in [6.07, 6.45) is 12.2. The van der Waals surface area contributed by atoms with Gasteiger partial charge in [-0.05, 0) is 68.8 Å². The first-order valence-electron chi connectivity index (χ1n) is 9.72. The Kier molecular flexibility index (Phi) is 5.90. The van der Waals surface area contributed by atoms with Gasteiger partial charge in [0.2, 0.25) is 0 Å². The monoisotopic (exact) mass is 400 g/mol. The van der Waals surface area contributed by atoms with E-state index in [1.54, 1.807) is 11.3 Å². The Morgan fingerprint density at radius 2 is 1.93 bits per heavy atom. The average molecular weight is 401 g/mol. The number of thiophene rings is 2. The Balaban J connectivity index is 1.53. The number of hydrogen-bond acceptors (Lipinski definition) is 2. The van der Waals surface area contributed by atoms with E-state index in [-0.39, 0.29) is 0 Å². The smallest absolute Gasteiger partial charge is 0.0305 e. The Bertz CT molecular complexity index is 1040. The Morgan fingerprint density at radius 3 is 2.68 bits per heavy atom. The lowest BCUT2D eigenvalue weighted by Crippen LogP contribution is -1.89. The van der Waals surface area contributed by atoms with Crippen molar-refractivity contribution in [3.63, 3.8) is 0 Å². The molecule has 0 amide bonds. The summed E-state index contributed by atoms with van der Waals surface area (Å²) in [6.45, 7) is 6.51. The van der Waals surface area contributed by atoms with Crippen LogP contribution in [0.3, 0.4) is 0 Å². The molecular weight excluding hydrogens is 376 g/mol. The highest BCUT2D eigenvalue weighted by atomic mass is 32.1. The van der Waals surface area contributed by atoms with E-state index in [2.05, 4.69) is 91.0 Å². The molecule has 1 aliphatic carbocycles. The van der Waals surface area contributed by atoms with Crippen LogP contribution in [0, 0.1) is 0 Å². The molecule has 0 saturated heterocycles. The number of fused-ring (bicyclic) bond motifs is 1. The third kappa shape index (κ3) is 4.19. The highest BCUT2D eigenvalue weighted by Crippen LogP contribution is 2.36. The third-order valence-electron chi connectivity index (χ3n) is 4.98. The van der Waals surface area contributed by atoms with Crippen molar-refractivity contribution < 1.29 is 0 Å². The van der Waals surface area contributed by atoms with Crippen LogP contribution in [0.5, 0.6) is 0 Å². The predicted octanol–water partition coefficient (Wildman–Crippen LogP) is 8.36. The second kappa shape index (κ2) is 8.72. The zero-order valence-corrected chi connectivity index (χ0v) is 17.8. The fraction of sp³-hybridized carbons (Fsp3) is 0.154. The topological polar surface area (TPSA) is 0 Å². The molecule has 1 aromatic carbocycles. The van der Waals surface area contributed by atoms with Crippen molar-refractivity contribution in [3.8, 4) is 0 Å². The summed E-state index contributed by atoms with van der Waals surface area (Å²) in [5.41, 5.74) is 7.92. The molecule has 4 rings (SSSR count). The normalized spacial score (nSPS) is 13.8. The molecule has 28 heavy (non-hydrogen) atoms. The Morgan fingerprint density at radius 1 is 1.07 bits per heavy atom. The second-order valence-electron chi connectivity index (χ2n) is 7.04. The van der Waals surface area contributed by atoms with Crippen LogP contribution in [0.1, 0.15) is 46.2 Å². The zero-order valence-electron chi connectivity index (χ0n) is 16.2.